The molecular formula is C17H11Cl2N2O. The molecule has 3 rings (SSSR count). The van der Waals surface area contributed by atoms with Crippen LogP contribution >= 0.6 is 23.2 Å². The van der Waals surface area contributed by atoms with E-state index in [9.17, 15) is 5.21 Å². The molecule has 0 saturated carbocycles. The van der Waals surface area contributed by atoms with Gasteiger partial charge < -0.3 is 10.9 Å². The number of aromatic nitrogens is 1. The van der Waals surface area contributed by atoms with Crippen molar-refractivity contribution >= 4 is 28.9 Å². The second-order valence-corrected chi connectivity index (χ2v) is 5.54. The molecule has 1 radical (unpaired) electrons. The Bertz CT molecular complexity index is 850. The summed E-state index contributed by atoms with van der Waals surface area (Å²) in [5.41, 5.74) is 9.04. The first-order valence-electron chi connectivity index (χ1n) is 6.52. The second kappa shape index (κ2) is 5.87. The van der Waals surface area contributed by atoms with Gasteiger partial charge in [0.05, 0.1) is 10.6 Å². The smallest absolute Gasteiger partial charge is 0.249 e. The highest BCUT2D eigenvalue weighted by atomic mass is 35.5. The monoisotopic (exact) mass is 329 g/mol. The zero-order valence-corrected chi connectivity index (χ0v) is 12.9. The number of rotatable bonds is 2. The fraction of sp³-hybridized carbons (Fsp3) is 0. The molecule has 0 spiro atoms. The van der Waals surface area contributed by atoms with Crippen molar-refractivity contribution in [1.29, 1.82) is 0 Å². The lowest BCUT2D eigenvalue weighted by Gasteiger charge is -2.12. The number of nitrogens with zero attached hydrogens (tertiary/aromatic N) is 1. The molecule has 2 N–H and O–H groups in total. The van der Waals surface area contributed by atoms with Crippen molar-refractivity contribution in [3.05, 3.63) is 76.0 Å². The van der Waals surface area contributed by atoms with Crippen molar-refractivity contribution in [2.45, 2.75) is 0 Å². The van der Waals surface area contributed by atoms with Gasteiger partial charge in [0.2, 0.25) is 5.69 Å². The lowest BCUT2D eigenvalue weighted by atomic mass is 10.0. The molecule has 3 aromatic rings. The van der Waals surface area contributed by atoms with Crippen LogP contribution in [0.2, 0.25) is 10.0 Å². The normalized spacial score (nSPS) is 10.6. The average molecular weight is 330 g/mol. The third-order valence-corrected chi connectivity index (χ3v) is 3.90. The van der Waals surface area contributed by atoms with Crippen LogP contribution in [-0.2, 0) is 0 Å². The van der Waals surface area contributed by atoms with Gasteiger partial charge in [-0.2, -0.15) is 4.73 Å². The number of pyridine rings is 1. The van der Waals surface area contributed by atoms with Crippen molar-refractivity contribution in [1.82, 2.24) is 0 Å². The minimum Gasteiger partial charge on any atom is -0.618 e. The van der Waals surface area contributed by atoms with E-state index in [2.05, 4.69) is 6.07 Å². The van der Waals surface area contributed by atoms with E-state index < -0.39 is 0 Å². The Hall–Kier alpha value is -2.23. The Balaban J connectivity index is 2.25. The van der Waals surface area contributed by atoms with Gasteiger partial charge in [-0.3, -0.25) is 0 Å². The van der Waals surface area contributed by atoms with Crippen molar-refractivity contribution in [3.63, 3.8) is 0 Å². The summed E-state index contributed by atoms with van der Waals surface area (Å²) >= 11 is 12.2. The molecule has 1 aromatic heterocycles. The van der Waals surface area contributed by atoms with Crippen LogP contribution in [0.25, 0.3) is 22.4 Å². The Morgan fingerprint density at radius 3 is 2.55 bits per heavy atom. The first-order valence-corrected chi connectivity index (χ1v) is 7.27. The summed E-state index contributed by atoms with van der Waals surface area (Å²) in [6.07, 6.45) is 1.41. The standard InChI is InChI=1S/C17H11Cl2N2O/c18-12-5-3-4-11(10-12)13-8-9-21(22)17(16(13)20)14-6-1-2-7-15(14)19/h1-4,6-10H,20H2. The Kier molecular flexibility index (Phi) is 3.92. The van der Waals surface area contributed by atoms with Crippen LogP contribution in [0.5, 0.6) is 0 Å². The molecule has 0 saturated heterocycles. The van der Waals surface area contributed by atoms with E-state index in [1.165, 1.54) is 6.20 Å². The lowest BCUT2D eigenvalue weighted by molar-refractivity contribution is -0.592. The summed E-state index contributed by atoms with van der Waals surface area (Å²) < 4.78 is 0.719. The maximum Gasteiger partial charge on any atom is 0.249 e. The second-order valence-electron chi connectivity index (χ2n) is 4.72. The number of hydrogen-bond donors (Lipinski definition) is 1. The van der Waals surface area contributed by atoms with Crippen LogP contribution in [0.1, 0.15) is 0 Å². The highest BCUT2D eigenvalue weighted by molar-refractivity contribution is 6.33. The third-order valence-electron chi connectivity index (χ3n) is 3.35. The number of hydrogen-bond acceptors (Lipinski definition) is 2. The van der Waals surface area contributed by atoms with E-state index in [0.29, 0.717) is 27.0 Å². The van der Waals surface area contributed by atoms with Crippen LogP contribution < -0.4 is 10.5 Å². The van der Waals surface area contributed by atoms with Gasteiger partial charge >= 0.3 is 0 Å². The Morgan fingerprint density at radius 2 is 1.82 bits per heavy atom. The summed E-state index contributed by atoms with van der Waals surface area (Å²) in [6.45, 7) is 0. The minimum absolute atomic E-state index is 0.326. The largest absolute Gasteiger partial charge is 0.618 e. The minimum atomic E-state index is 0.326. The lowest BCUT2D eigenvalue weighted by Crippen LogP contribution is -2.30. The first-order chi connectivity index (χ1) is 10.6. The summed E-state index contributed by atoms with van der Waals surface area (Å²) in [6, 6.07) is 16.9. The topological polar surface area (TPSA) is 53.0 Å². The predicted molar refractivity (Wildman–Crippen MR) is 89.5 cm³/mol. The number of anilines is 1. The van der Waals surface area contributed by atoms with E-state index in [1.54, 1.807) is 36.4 Å². The molecule has 0 unspecified atom stereocenters. The molecule has 0 amide bonds. The van der Waals surface area contributed by atoms with Gasteiger partial charge in [-0.1, -0.05) is 47.5 Å². The molecule has 0 aliphatic heterocycles. The van der Waals surface area contributed by atoms with E-state index in [4.69, 9.17) is 28.9 Å². The molecule has 5 heteroatoms. The highest BCUT2D eigenvalue weighted by Gasteiger charge is 2.20. The zero-order chi connectivity index (χ0) is 15.7. The number of nitrogens with two attached hydrogens (primary N) is 1. The van der Waals surface area contributed by atoms with Gasteiger partial charge in [0.15, 0.2) is 6.20 Å². The molecule has 0 aliphatic rings. The van der Waals surface area contributed by atoms with Gasteiger partial charge in [-0.05, 0) is 23.8 Å². The van der Waals surface area contributed by atoms with Crippen LogP contribution in [0.4, 0.5) is 5.69 Å². The molecular weight excluding hydrogens is 319 g/mol. The van der Waals surface area contributed by atoms with Crippen LogP contribution in [0, 0.1) is 11.3 Å². The maximum absolute atomic E-state index is 12.2. The van der Waals surface area contributed by atoms with E-state index in [0.717, 1.165) is 15.9 Å². The Labute approximate surface area is 138 Å². The third kappa shape index (κ3) is 2.61. The fourth-order valence-corrected chi connectivity index (χ4v) is 2.73. The Morgan fingerprint density at radius 1 is 1.05 bits per heavy atom. The maximum atomic E-state index is 12.2. The van der Waals surface area contributed by atoms with Crippen molar-refractivity contribution < 1.29 is 4.73 Å². The molecule has 0 atom stereocenters. The summed E-state index contributed by atoms with van der Waals surface area (Å²) in [5.74, 6) is 0. The molecule has 0 aliphatic carbocycles. The van der Waals surface area contributed by atoms with Gasteiger partial charge in [-0.15, -0.1) is 0 Å². The van der Waals surface area contributed by atoms with Crippen LogP contribution in [0.15, 0.2) is 54.7 Å². The van der Waals surface area contributed by atoms with Crippen LogP contribution in [0.3, 0.4) is 0 Å². The quantitative estimate of drug-likeness (QED) is 0.561. The van der Waals surface area contributed by atoms with Gasteiger partial charge in [0.1, 0.15) is 5.69 Å². The number of nitrogen functional groups attached to an aromatic ring is 1. The predicted octanol–water partition coefficient (Wildman–Crippen LogP) is 4.34. The average Bonchev–Trinajstić information content (AvgIpc) is 2.49. The molecule has 109 valence electrons. The first kappa shape index (κ1) is 14.7. The summed E-state index contributed by atoms with van der Waals surface area (Å²) in [4.78, 5) is 0. The van der Waals surface area contributed by atoms with Crippen molar-refractivity contribution in [3.8, 4) is 22.4 Å². The molecule has 3 nitrogen and oxygen atoms in total. The van der Waals surface area contributed by atoms with E-state index >= 15 is 0 Å². The zero-order valence-electron chi connectivity index (χ0n) is 11.4. The molecule has 22 heavy (non-hydrogen) atoms. The summed E-state index contributed by atoms with van der Waals surface area (Å²) in [5, 5.41) is 13.1. The number of benzene rings is 2. The van der Waals surface area contributed by atoms with Gasteiger partial charge in [-0.25, -0.2) is 0 Å². The summed E-state index contributed by atoms with van der Waals surface area (Å²) in [7, 11) is 0. The van der Waals surface area contributed by atoms with E-state index in [1.807, 2.05) is 12.1 Å². The van der Waals surface area contributed by atoms with Crippen molar-refractivity contribution in [2.24, 2.45) is 0 Å². The van der Waals surface area contributed by atoms with Gasteiger partial charge in [0.25, 0.3) is 0 Å². The number of halogens is 2. The van der Waals surface area contributed by atoms with E-state index in [-0.39, 0.29) is 0 Å². The fourth-order valence-electron chi connectivity index (χ4n) is 2.33. The highest BCUT2D eigenvalue weighted by Crippen LogP contribution is 2.35. The molecule has 1 heterocycles. The van der Waals surface area contributed by atoms with Gasteiger partial charge in [0, 0.05) is 22.7 Å². The van der Waals surface area contributed by atoms with Crippen molar-refractivity contribution in [2.75, 3.05) is 5.73 Å². The molecule has 2 aromatic carbocycles. The molecule has 0 fully saturated rings. The van der Waals surface area contributed by atoms with Crippen LogP contribution in [-0.4, -0.2) is 0 Å². The molecule has 0 bridgehead atoms. The SMILES string of the molecule is Nc1c(-c2cc[c]c(Cl)c2)cc[n+]([O-])c1-c1ccccc1Cl.